The molecule has 0 saturated heterocycles. The third kappa shape index (κ3) is 5.90. The van der Waals surface area contributed by atoms with Gasteiger partial charge in [0.15, 0.2) is 0 Å². The highest BCUT2D eigenvalue weighted by molar-refractivity contribution is 9.12. The van der Waals surface area contributed by atoms with Crippen molar-refractivity contribution >= 4 is 28.2 Å². The van der Waals surface area contributed by atoms with Gasteiger partial charge in [0.05, 0.1) is 16.2 Å². The number of halogens is 1. The van der Waals surface area contributed by atoms with E-state index in [0.717, 1.165) is 47.9 Å². The molecule has 2 aliphatic rings. The van der Waals surface area contributed by atoms with Gasteiger partial charge in [-0.05, 0) is 96.7 Å². The lowest BCUT2D eigenvalue weighted by Gasteiger charge is -2.37. The normalized spacial score (nSPS) is 22.0. The first kappa shape index (κ1) is 24.3. The Morgan fingerprint density at radius 3 is 2.81 bits per heavy atom. The van der Waals surface area contributed by atoms with E-state index >= 15 is 0 Å². The van der Waals surface area contributed by atoms with E-state index in [1.807, 2.05) is 39.0 Å². The van der Waals surface area contributed by atoms with E-state index < -0.39 is 5.60 Å². The molecule has 1 aromatic rings. The number of rotatable bonds is 7. The zero-order valence-electron chi connectivity index (χ0n) is 19.5. The fourth-order valence-electron chi connectivity index (χ4n) is 4.68. The molecule has 3 rings (SSSR count). The number of alkyl carbamates (subject to hydrolysis) is 1. The number of ether oxygens (including phenoxy) is 1. The van der Waals surface area contributed by atoms with Gasteiger partial charge in [-0.3, -0.25) is 4.99 Å². The summed E-state index contributed by atoms with van der Waals surface area (Å²) in [5, 5.41) is 3.23. The van der Waals surface area contributed by atoms with Gasteiger partial charge in [0.2, 0.25) is 0 Å². The summed E-state index contributed by atoms with van der Waals surface area (Å²) in [6.45, 7) is 12.2. The van der Waals surface area contributed by atoms with Crippen LogP contribution in [0.4, 0.5) is 4.79 Å². The Labute approximate surface area is 200 Å². The fourth-order valence-corrected chi connectivity index (χ4v) is 4.91. The van der Waals surface area contributed by atoms with Crippen LogP contribution in [0.3, 0.4) is 0 Å². The van der Waals surface area contributed by atoms with Crippen LogP contribution < -0.4 is 5.32 Å². The minimum Gasteiger partial charge on any atom is -0.444 e. The second-order valence-electron chi connectivity index (χ2n) is 9.64. The van der Waals surface area contributed by atoms with Crippen LogP contribution in [0, 0.1) is 5.41 Å². The molecule has 0 aromatic heterocycles. The number of nitrogens with zero attached hydrogens (tertiary/aromatic N) is 1. The van der Waals surface area contributed by atoms with Crippen molar-refractivity contribution in [3.05, 3.63) is 75.6 Å². The second kappa shape index (κ2) is 10.1. The van der Waals surface area contributed by atoms with Gasteiger partial charge < -0.3 is 10.1 Å². The Hall–Kier alpha value is -2.36. The average Bonchev–Trinajstić information content (AvgIpc) is 2.84. The van der Waals surface area contributed by atoms with Crippen LogP contribution in [0.2, 0.25) is 0 Å². The summed E-state index contributed by atoms with van der Waals surface area (Å²) < 4.78 is 6.43. The van der Waals surface area contributed by atoms with Crippen LogP contribution in [0.15, 0.2) is 69.5 Å². The van der Waals surface area contributed by atoms with Gasteiger partial charge in [-0.1, -0.05) is 44.2 Å². The molecule has 2 atom stereocenters. The van der Waals surface area contributed by atoms with Crippen LogP contribution in [-0.4, -0.2) is 17.9 Å². The van der Waals surface area contributed by atoms with Crippen LogP contribution in [-0.2, 0) is 11.2 Å². The molecule has 170 valence electrons. The molecule has 5 heteroatoms. The van der Waals surface area contributed by atoms with Gasteiger partial charge in [-0.2, -0.15) is 0 Å². The summed E-state index contributed by atoms with van der Waals surface area (Å²) in [5.74, 6) is 0. The third-order valence-corrected chi connectivity index (χ3v) is 6.43. The molecule has 0 spiro atoms. The zero-order valence-corrected chi connectivity index (χ0v) is 21.1. The molecule has 1 heterocycles. The molecule has 32 heavy (non-hydrogen) atoms. The standard InChI is InChI=1S/C27H33BrN2O2/c1-6-15-27(16-14-19(2)23-13-9-11-21(28)18-29-23)17-20-10-7-8-12-22(20)24(27)30-25(31)32-26(3,4)5/h7-10,12-13,18,24H,2,6,14-17H2,1,3-5H3,(H,30,31)/t24-,27?/m1/s1. The van der Waals surface area contributed by atoms with Crippen molar-refractivity contribution in [2.45, 2.75) is 71.4 Å². The highest BCUT2D eigenvalue weighted by Crippen LogP contribution is 2.52. The average molecular weight is 497 g/mol. The monoisotopic (exact) mass is 496 g/mol. The van der Waals surface area contributed by atoms with E-state index in [9.17, 15) is 4.79 Å². The molecule has 0 saturated carbocycles. The van der Waals surface area contributed by atoms with Crippen molar-refractivity contribution in [1.82, 2.24) is 5.32 Å². The van der Waals surface area contributed by atoms with Gasteiger partial charge >= 0.3 is 6.09 Å². The molecule has 1 aliphatic carbocycles. The quantitative estimate of drug-likeness (QED) is 0.401. The van der Waals surface area contributed by atoms with E-state index in [4.69, 9.17) is 4.74 Å². The number of benzene rings is 1. The summed E-state index contributed by atoms with van der Waals surface area (Å²) in [6.07, 6.45) is 9.86. The molecule has 1 N–H and O–H groups in total. The molecule has 1 aliphatic heterocycles. The Morgan fingerprint density at radius 2 is 2.09 bits per heavy atom. The van der Waals surface area contributed by atoms with Gasteiger partial charge in [-0.15, -0.1) is 5.73 Å². The van der Waals surface area contributed by atoms with Crippen molar-refractivity contribution in [3.8, 4) is 0 Å². The van der Waals surface area contributed by atoms with Crippen molar-refractivity contribution in [3.63, 3.8) is 0 Å². The summed E-state index contributed by atoms with van der Waals surface area (Å²) in [7, 11) is 0. The SMILES string of the molecule is C=C(CCC1(CCC)Cc2ccccc2[C@H]1NC(=O)OC(C)(C)C)C1=CC=C=C(Br)C=N1. The highest BCUT2D eigenvalue weighted by Gasteiger charge is 2.46. The summed E-state index contributed by atoms with van der Waals surface area (Å²) in [6, 6.07) is 8.34. The maximum atomic E-state index is 12.8. The number of hydrogen-bond acceptors (Lipinski definition) is 3. The van der Waals surface area contributed by atoms with E-state index in [1.165, 1.54) is 11.1 Å². The van der Waals surface area contributed by atoms with E-state index in [0.29, 0.717) is 0 Å². The van der Waals surface area contributed by atoms with Crippen molar-refractivity contribution in [2.24, 2.45) is 10.4 Å². The number of nitrogens with one attached hydrogen (secondary N) is 1. The van der Waals surface area contributed by atoms with Gasteiger partial charge in [-0.25, -0.2) is 4.79 Å². The molecule has 0 fully saturated rings. The summed E-state index contributed by atoms with van der Waals surface area (Å²) in [5.41, 5.74) is 6.81. The van der Waals surface area contributed by atoms with Gasteiger partial charge in [0.1, 0.15) is 5.60 Å². The van der Waals surface area contributed by atoms with Gasteiger partial charge in [0, 0.05) is 6.21 Å². The van der Waals surface area contributed by atoms with Gasteiger partial charge in [0.25, 0.3) is 0 Å². The maximum absolute atomic E-state index is 12.8. The lowest BCUT2D eigenvalue weighted by molar-refractivity contribution is 0.0434. The first-order valence-corrected chi connectivity index (χ1v) is 12.0. The van der Waals surface area contributed by atoms with Crippen LogP contribution in [0.25, 0.3) is 0 Å². The number of carbonyl (C=O) groups is 1. The molecular weight excluding hydrogens is 464 g/mol. The molecular formula is C27H33BrN2O2. The summed E-state index contributed by atoms with van der Waals surface area (Å²) in [4.78, 5) is 17.3. The molecule has 0 radical (unpaired) electrons. The number of hydrogen-bond donors (Lipinski definition) is 1. The Kier molecular flexibility index (Phi) is 7.63. The summed E-state index contributed by atoms with van der Waals surface area (Å²) >= 11 is 3.41. The lowest BCUT2D eigenvalue weighted by atomic mass is 9.72. The van der Waals surface area contributed by atoms with E-state index in [1.54, 1.807) is 6.21 Å². The Bertz CT molecular complexity index is 1010. The number of allylic oxidation sites excluding steroid dienone is 3. The Balaban J connectivity index is 1.84. The Morgan fingerprint density at radius 1 is 1.34 bits per heavy atom. The zero-order chi connectivity index (χ0) is 23.4. The minimum absolute atomic E-state index is 0.0939. The molecule has 1 aromatic carbocycles. The number of carbonyl (C=O) groups excluding carboxylic acids is 1. The molecule has 1 unspecified atom stereocenters. The van der Waals surface area contributed by atoms with Crippen LogP contribution in [0.5, 0.6) is 0 Å². The lowest BCUT2D eigenvalue weighted by Crippen LogP contribution is -2.41. The molecule has 1 amide bonds. The highest BCUT2D eigenvalue weighted by atomic mass is 79.9. The third-order valence-electron chi connectivity index (χ3n) is 6.00. The van der Waals surface area contributed by atoms with Crippen molar-refractivity contribution in [2.75, 3.05) is 0 Å². The maximum Gasteiger partial charge on any atom is 0.408 e. The fraction of sp³-hybridized carbons (Fsp3) is 0.444. The first-order chi connectivity index (χ1) is 15.1. The van der Waals surface area contributed by atoms with Crippen LogP contribution >= 0.6 is 15.9 Å². The molecule has 0 bridgehead atoms. The van der Waals surface area contributed by atoms with Crippen molar-refractivity contribution in [1.29, 1.82) is 0 Å². The van der Waals surface area contributed by atoms with Crippen molar-refractivity contribution < 1.29 is 9.53 Å². The minimum atomic E-state index is -0.538. The first-order valence-electron chi connectivity index (χ1n) is 11.3. The topological polar surface area (TPSA) is 50.7 Å². The predicted molar refractivity (Wildman–Crippen MR) is 135 cm³/mol. The largest absolute Gasteiger partial charge is 0.444 e. The number of fused-ring (bicyclic) bond motifs is 1. The van der Waals surface area contributed by atoms with E-state index in [-0.39, 0.29) is 17.6 Å². The van der Waals surface area contributed by atoms with Crippen LogP contribution in [0.1, 0.15) is 70.5 Å². The second-order valence-corrected chi connectivity index (χ2v) is 10.5. The smallest absolute Gasteiger partial charge is 0.408 e. The number of amides is 1. The molecule has 4 nitrogen and oxygen atoms in total. The predicted octanol–water partition coefficient (Wildman–Crippen LogP) is 7.33. The van der Waals surface area contributed by atoms with E-state index in [2.05, 4.69) is 63.7 Å². The number of aliphatic imine (C=N–C) groups is 1.